The lowest BCUT2D eigenvalue weighted by atomic mass is 9.83. The quantitative estimate of drug-likeness (QED) is 0.189. The van der Waals surface area contributed by atoms with E-state index in [4.69, 9.17) is 30.5 Å². The van der Waals surface area contributed by atoms with Crippen molar-refractivity contribution in [1.82, 2.24) is 19.9 Å². The predicted octanol–water partition coefficient (Wildman–Crippen LogP) is 6.31. The normalized spacial score (nSPS) is 18.4. The summed E-state index contributed by atoms with van der Waals surface area (Å²) >= 11 is 6.02. The van der Waals surface area contributed by atoms with Gasteiger partial charge >= 0.3 is 0 Å². The maximum Gasteiger partial charge on any atom is 0.254 e. The van der Waals surface area contributed by atoms with Gasteiger partial charge in [0, 0.05) is 30.3 Å². The van der Waals surface area contributed by atoms with Gasteiger partial charge in [-0.25, -0.2) is 14.4 Å². The third-order valence-corrected chi connectivity index (χ3v) is 8.24. The minimum atomic E-state index is -0.623. The van der Waals surface area contributed by atoms with Crippen molar-refractivity contribution in [2.24, 2.45) is 5.92 Å². The summed E-state index contributed by atoms with van der Waals surface area (Å²) in [7, 11) is 1.69. The number of imidazole rings is 1. The van der Waals surface area contributed by atoms with Crippen LogP contribution in [0.5, 0.6) is 5.75 Å². The van der Waals surface area contributed by atoms with E-state index in [-0.39, 0.29) is 36.8 Å². The molecule has 3 atom stereocenters. The van der Waals surface area contributed by atoms with E-state index in [0.29, 0.717) is 41.9 Å². The van der Waals surface area contributed by atoms with E-state index in [0.717, 1.165) is 28.6 Å². The Bertz CT molecular complexity index is 1760. The summed E-state index contributed by atoms with van der Waals surface area (Å²) in [6, 6.07) is 17.4. The predicted molar refractivity (Wildman–Crippen MR) is 164 cm³/mol. The lowest BCUT2D eigenvalue weighted by molar-refractivity contribution is 0.0314. The molecule has 2 heterocycles. The molecule has 2 N–H and O–H groups in total. The molecule has 9 nitrogen and oxygen atoms in total. The number of oxazole rings is 1. The Balaban J connectivity index is 1.38. The smallest absolute Gasteiger partial charge is 0.254 e. The average molecular weight is 619 g/mol. The number of nitrogens with zero attached hydrogens (tertiary/aromatic N) is 3. The zero-order valence-corrected chi connectivity index (χ0v) is 24.8. The molecule has 1 aliphatic rings. The highest BCUT2D eigenvalue weighted by Crippen LogP contribution is 2.41. The number of benzene rings is 3. The first-order valence-corrected chi connectivity index (χ1v) is 14.8. The van der Waals surface area contributed by atoms with Crippen LogP contribution in [0.25, 0.3) is 33.9 Å². The molecule has 1 unspecified atom stereocenters. The van der Waals surface area contributed by atoms with Gasteiger partial charge in [-0.05, 0) is 73.7 Å². The van der Waals surface area contributed by atoms with Crippen molar-refractivity contribution in [3.05, 3.63) is 89.5 Å². The maximum atomic E-state index is 14.4. The molecule has 1 saturated carbocycles. The van der Waals surface area contributed by atoms with Crippen molar-refractivity contribution in [3.8, 4) is 28.6 Å². The summed E-state index contributed by atoms with van der Waals surface area (Å²) < 4.78 is 34.0. The molecule has 1 amide bonds. The monoisotopic (exact) mass is 618 g/mol. The number of carbonyl (C=O) groups is 1. The molecule has 5 aromatic rings. The Morgan fingerprint density at radius 3 is 2.82 bits per heavy atom. The number of hydrogen-bond acceptors (Lipinski definition) is 7. The maximum absolute atomic E-state index is 14.4. The largest absolute Gasteiger partial charge is 0.490 e. The first kappa shape index (κ1) is 29.8. The van der Waals surface area contributed by atoms with E-state index in [2.05, 4.69) is 14.9 Å². The van der Waals surface area contributed by atoms with Crippen LogP contribution in [0, 0.1) is 11.7 Å². The molecule has 11 heteroatoms. The number of halogens is 2. The van der Waals surface area contributed by atoms with E-state index in [1.54, 1.807) is 13.3 Å². The third kappa shape index (κ3) is 6.19. The SMILES string of the molecule is CO[C@H]1CC(CNC(=O)c2cc(Cl)ccc2F)C[C@H](n2c(-c3ccccc3OCCO)nc3ccc(-c4ncco4)cc32)C1. The molecule has 0 saturated heterocycles. The van der Waals surface area contributed by atoms with Gasteiger partial charge in [-0.1, -0.05) is 23.7 Å². The highest BCUT2D eigenvalue weighted by atomic mass is 35.5. The topological polar surface area (TPSA) is 112 Å². The van der Waals surface area contributed by atoms with Crippen molar-refractivity contribution in [2.45, 2.75) is 31.4 Å². The summed E-state index contributed by atoms with van der Waals surface area (Å²) in [5, 5.41) is 12.6. The van der Waals surface area contributed by atoms with Crippen molar-refractivity contribution < 1.29 is 28.2 Å². The number of aromatic nitrogens is 3. The van der Waals surface area contributed by atoms with Crippen LogP contribution in [0.4, 0.5) is 4.39 Å². The van der Waals surface area contributed by atoms with Crippen molar-refractivity contribution in [3.63, 3.8) is 0 Å². The van der Waals surface area contributed by atoms with Crippen LogP contribution in [-0.4, -0.2) is 58.5 Å². The number of hydrogen-bond donors (Lipinski definition) is 2. The Morgan fingerprint density at radius 2 is 2.02 bits per heavy atom. The van der Waals surface area contributed by atoms with E-state index in [1.165, 1.54) is 24.5 Å². The Hall–Kier alpha value is -4.25. The fourth-order valence-corrected chi connectivity index (χ4v) is 6.18. The summed E-state index contributed by atoms with van der Waals surface area (Å²) in [4.78, 5) is 22.3. The lowest BCUT2D eigenvalue weighted by Crippen LogP contribution is -2.37. The number of ether oxygens (including phenoxy) is 2. The summed E-state index contributed by atoms with van der Waals surface area (Å²) in [6.45, 7) is 0.367. The number of methoxy groups -OCH3 is 1. The molecule has 1 aliphatic carbocycles. The molecule has 0 aliphatic heterocycles. The molecule has 0 bridgehead atoms. The number of carbonyl (C=O) groups excluding carboxylic acids is 1. The summed E-state index contributed by atoms with van der Waals surface area (Å²) in [5.41, 5.74) is 3.18. The van der Waals surface area contributed by atoms with E-state index >= 15 is 0 Å². The number of para-hydroxylation sites is 1. The Kier molecular flexibility index (Phi) is 8.92. The van der Waals surface area contributed by atoms with Gasteiger partial charge in [0.2, 0.25) is 5.89 Å². The number of amides is 1. The zero-order chi connectivity index (χ0) is 30.6. The van der Waals surface area contributed by atoms with Gasteiger partial charge in [-0.2, -0.15) is 0 Å². The number of fused-ring (bicyclic) bond motifs is 1. The van der Waals surface area contributed by atoms with Crippen LogP contribution in [-0.2, 0) is 4.74 Å². The number of nitrogens with one attached hydrogen (secondary N) is 1. The van der Waals surface area contributed by atoms with E-state index in [9.17, 15) is 14.3 Å². The Labute approximate surface area is 258 Å². The van der Waals surface area contributed by atoms with Crippen LogP contribution in [0.15, 0.2) is 77.5 Å². The first-order chi connectivity index (χ1) is 21.4. The van der Waals surface area contributed by atoms with E-state index in [1.807, 2.05) is 42.5 Å². The van der Waals surface area contributed by atoms with Gasteiger partial charge in [0.15, 0.2) is 0 Å². The molecule has 2 aromatic heterocycles. The van der Waals surface area contributed by atoms with Gasteiger partial charge in [-0.15, -0.1) is 0 Å². The number of aliphatic hydroxyl groups excluding tert-OH is 1. The number of aliphatic hydroxyl groups is 1. The molecule has 228 valence electrons. The highest BCUT2D eigenvalue weighted by Gasteiger charge is 2.33. The van der Waals surface area contributed by atoms with Crippen LogP contribution in [0.1, 0.15) is 35.7 Å². The second-order valence-corrected chi connectivity index (χ2v) is 11.3. The lowest BCUT2D eigenvalue weighted by Gasteiger charge is -2.36. The molecule has 6 rings (SSSR count). The number of rotatable bonds is 10. The minimum absolute atomic E-state index is 0.0333. The molecule has 3 aromatic carbocycles. The van der Waals surface area contributed by atoms with Crippen LogP contribution < -0.4 is 10.1 Å². The van der Waals surface area contributed by atoms with Gasteiger partial charge in [-0.3, -0.25) is 4.79 Å². The molecular formula is C33H32ClFN4O5. The van der Waals surface area contributed by atoms with Gasteiger partial charge in [0.05, 0.1) is 41.1 Å². The molecular weight excluding hydrogens is 587 g/mol. The standard InChI is InChI=1S/C33H32ClFN4O5/c1-42-24-15-20(19-37-32(41)26-17-22(34)7-8-27(26)35)14-23(18-24)39-29-16-21(33-36-10-12-44-33)6-9-28(29)38-31(39)25-4-2-3-5-30(25)43-13-11-40/h2-10,12,16-17,20,23-24,40H,11,13-15,18-19H2,1H3,(H,37,41)/t20?,23-,24-/m0/s1. The van der Waals surface area contributed by atoms with Crippen LogP contribution >= 0.6 is 11.6 Å². The van der Waals surface area contributed by atoms with Crippen LogP contribution in [0.3, 0.4) is 0 Å². The molecule has 0 spiro atoms. The minimum Gasteiger partial charge on any atom is -0.490 e. The molecule has 0 radical (unpaired) electrons. The highest BCUT2D eigenvalue weighted by molar-refractivity contribution is 6.31. The van der Waals surface area contributed by atoms with Crippen molar-refractivity contribution in [2.75, 3.05) is 26.9 Å². The van der Waals surface area contributed by atoms with Gasteiger partial charge < -0.3 is 28.9 Å². The first-order valence-electron chi connectivity index (χ1n) is 14.5. The van der Waals surface area contributed by atoms with Crippen molar-refractivity contribution >= 4 is 28.5 Å². The molecule has 1 fully saturated rings. The third-order valence-electron chi connectivity index (χ3n) is 8.00. The van der Waals surface area contributed by atoms with Gasteiger partial charge in [0.1, 0.15) is 30.3 Å². The summed E-state index contributed by atoms with van der Waals surface area (Å²) in [5.74, 6) is 0.717. The second kappa shape index (κ2) is 13.2. The second-order valence-electron chi connectivity index (χ2n) is 10.8. The van der Waals surface area contributed by atoms with Crippen LogP contribution in [0.2, 0.25) is 5.02 Å². The fraction of sp³-hybridized carbons (Fsp3) is 0.303. The zero-order valence-electron chi connectivity index (χ0n) is 24.1. The van der Waals surface area contributed by atoms with E-state index < -0.39 is 11.7 Å². The summed E-state index contributed by atoms with van der Waals surface area (Å²) in [6.07, 6.45) is 5.21. The Morgan fingerprint density at radius 1 is 1.16 bits per heavy atom. The van der Waals surface area contributed by atoms with Gasteiger partial charge in [0.25, 0.3) is 5.91 Å². The molecule has 44 heavy (non-hydrogen) atoms. The fourth-order valence-electron chi connectivity index (χ4n) is 6.01. The van der Waals surface area contributed by atoms with Crippen molar-refractivity contribution in [1.29, 1.82) is 0 Å². The average Bonchev–Trinajstić information content (AvgIpc) is 3.72.